The van der Waals surface area contributed by atoms with Crippen molar-refractivity contribution in [1.82, 2.24) is 9.55 Å². The first-order valence-electron chi connectivity index (χ1n) is 7.17. The molecular formula is C17H14ClN3O2. The van der Waals surface area contributed by atoms with Gasteiger partial charge in [0.1, 0.15) is 5.82 Å². The summed E-state index contributed by atoms with van der Waals surface area (Å²) in [6.07, 6.45) is 3.69. The molecule has 1 heterocycles. The first-order valence-corrected chi connectivity index (χ1v) is 7.55. The molecule has 3 rings (SSSR count). The Hall–Kier alpha value is -2.66. The zero-order valence-corrected chi connectivity index (χ0v) is 13.2. The Bertz CT molecular complexity index is 915. The van der Waals surface area contributed by atoms with Crippen LogP contribution in [-0.4, -0.2) is 14.5 Å². The van der Waals surface area contributed by atoms with Crippen LogP contribution in [0.5, 0.6) is 0 Å². The van der Waals surface area contributed by atoms with Gasteiger partial charge in [0.05, 0.1) is 21.0 Å². The molecule has 2 aromatic carbocycles. The van der Waals surface area contributed by atoms with Gasteiger partial charge in [-0.3, -0.25) is 10.1 Å². The number of non-ortho nitro benzene ring substituents is 1. The van der Waals surface area contributed by atoms with Crippen molar-refractivity contribution < 1.29 is 4.92 Å². The monoisotopic (exact) mass is 327 g/mol. The van der Waals surface area contributed by atoms with Gasteiger partial charge in [-0.15, -0.1) is 0 Å². The van der Waals surface area contributed by atoms with Crippen molar-refractivity contribution in [2.45, 2.75) is 13.5 Å². The molecule has 3 aromatic rings. The third-order valence-corrected chi connectivity index (χ3v) is 3.93. The fraction of sp³-hybridized carbons (Fsp3) is 0.118. The Labute approximate surface area is 138 Å². The van der Waals surface area contributed by atoms with E-state index in [9.17, 15) is 10.1 Å². The zero-order valence-electron chi connectivity index (χ0n) is 12.4. The van der Waals surface area contributed by atoms with E-state index in [0.29, 0.717) is 10.6 Å². The average Bonchev–Trinajstić information content (AvgIpc) is 2.91. The van der Waals surface area contributed by atoms with Gasteiger partial charge in [-0.1, -0.05) is 23.7 Å². The summed E-state index contributed by atoms with van der Waals surface area (Å²) in [7, 11) is 0. The van der Waals surface area contributed by atoms with Crippen LogP contribution in [0.1, 0.15) is 18.3 Å². The second-order valence-electron chi connectivity index (χ2n) is 5.00. The average molecular weight is 328 g/mol. The molecule has 0 aliphatic rings. The molecule has 0 aliphatic heterocycles. The minimum absolute atomic E-state index is 0.0204. The van der Waals surface area contributed by atoms with Gasteiger partial charge in [0.15, 0.2) is 0 Å². The van der Waals surface area contributed by atoms with Gasteiger partial charge in [-0.05, 0) is 42.8 Å². The van der Waals surface area contributed by atoms with Gasteiger partial charge in [0.25, 0.3) is 5.69 Å². The van der Waals surface area contributed by atoms with Crippen LogP contribution in [-0.2, 0) is 6.54 Å². The van der Waals surface area contributed by atoms with Crippen LogP contribution in [0.3, 0.4) is 0 Å². The number of hydrogen-bond acceptors (Lipinski definition) is 3. The number of halogens is 1. The molecule has 0 aliphatic carbocycles. The second kappa shape index (κ2) is 6.22. The van der Waals surface area contributed by atoms with Crippen LogP contribution in [0.4, 0.5) is 5.69 Å². The number of aromatic nitrogens is 2. The number of hydrogen-bond donors (Lipinski definition) is 0. The molecule has 0 N–H and O–H groups in total. The smallest absolute Gasteiger partial charge is 0.270 e. The minimum atomic E-state index is -0.462. The molecule has 0 atom stereocenters. The molecule has 5 nitrogen and oxygen atoms in total. The molecule has 0 amide bonds. The van der Waals surface area contributed by atoms with E-state index in [-0.39, 0.29) is 5.69 Å². The van der Waals surface area contributed by atoms with Gasteiger partial charge >= 0.3 is 0 Å². The van der Waals surface area contributed by atoms with Crippen LogP contribution in [0.15, 0.2) is 42.5 Å². The number of imidazole rings is 1. The molecule has 0 radical (unpaired) electrons. The Morgan fingerprint density at radius 1 is 1.26 bits per heavy atom. The Kier molecular flexibility index (Phi) is 4.12. The van der Waals surface area contributed by atoms with E-state index in [1.165, 1.54) is 12.1 Å². The van der Waals surface area contributed by atoms with E-state index >= 15 is 0 Å². The SMILES string of the molecule is CCn1c(/C=C/c2ccc([N+](=O)[O-])cc2Cl)nc2ccccc21. The highest BCUT2D eigenvalue weighted by atomic mass is 35.5. The first-order chi connectivity index (χ1) is 11.1. The van der Waals surface area contributed by atoms with Crippen LogP contribution in [0.2, 0.25) is 5.02 Å². The van der Waals surface area contributed by atoms with E-state index in [0.717, 1.165) is 23.4 Å². The topological polar surface area (TPSA) is 61.0 Å². The number of rotatable bonds is 4. The lowest BCUT2D eigenvalue weighted by atomic mass is 10.2. The third kappa shape index (κ3) is 2.96. The van der Waals surface area contributed by atoms with Crippen LogP contribution in [0.25, 0.3) is 23.2 Å². The number of para-hydroxylation sites is 2. The van der Waals surface area contributed by atoms with Gasteiger partial charge in [0.2, 0.25) is 0 Å². The lowest BCUT2D eigenvalue weighted by Gasteiger charge is -2.02. The van der Waals surface area contributed by atoms with E-state index in [2.05, 4.69) is 16.5 Å². The fourth-order valence-electron chi connectivity index (χ4n) is 2.48. The van der Waals surface area contributed by atoms with E-state index in [1.807, 2.05) is 36.4 Å². The van der Waals surface area contributed by atoms with Gasteiger partial charge < -0.3 is 4.57 Å². The van der Waals surface area contributed by atoms with Gasteiger partial charge in [-0.25, -0.2) is 4.98 Å². The molecule has 6 heteroatoms. The maximum absolute atomic E-state index is 10.7. The standard InChI is InChI=1S/C17H14ClN3O2/c1-2-20-16-6-4-3-5-15(16)19-17(20)10-8-12-7-9-13(21(22)23)11-14(12)18/h3-11H,2H2,1H3/b10-8+. The predicted octanol–water partition coefficient (Wildman–Crippen LogP) is 4.79. The molecule has 1 aromatic heterocycles. The molecule has 116 valence electrons. The molecule has 0 spiro atoms. The van der Waals surface area contributed by atoms with E-state index in [1.54, 1.807) is 6.07 Å². The summed E-state index contributed by atoms with van der Waals surface area (Å²) in [6, 6.07) is 12.4. The quantitative estimate of drug-likeness (QED) is 0.511. The largest absolute Gasteiger partial charge is 0.325 e. The Morgan fingerprint density at radius 2 is 2.04 bits per heavy atom. The lowest BCUT2D eigenvalue weighted by molar-refractivity contribution is -0.384. The molecule has 0 saturated heterocycles. The summed E-state index contributed by atoms with van der Waals surface area (Å²) in [5, 5.41) is 11.1. The van der Waals surface area contributed by atoms with Crippen molar-refractivity contribution in [2.24, 2.45) is 0 Å². The number of benzene rings is 2. The number of nitrogens with zero attached hydrogens (tertiary/aromatic N) is 3. The van der Waals surface area contributed by atoms with Crippen molar-refractivity contribution in [2.75, 3.05) is 0 Å². The van der Waals surface area contributed by atoms with Crippen LogP contribution in [0, 0.1) is 10.1 Å². The van der Waals surface area contributed by atoms with Crippen LogP contribution < -0.4 is 0 Å². The van der Waals surface area contributed by atoms with Crippen molar-refractivity contribution in [3.63, 3.8) is 0 Å². The third-order valence-electron chi connectivity index (χ3n) is 3.61. The summed E-state index contributed by atoms with van der Waals surface area (Å²) < 4.78 is 2.10. The highest BCUT2D eigenvalue weighted by Gasteiger charge is 2.09. The zero-order chi connectivity index (χ0) is 16.4. The predicted molar refractivity (Wildman–Crippen MR) is 92.4 cm³/mol. The molecule has 0 bridgehead atoms. The summed E-state index contributed by atoms with van der Waals surface area (Å²) in [4.78, 5) is 14.9. The van der Waals surface area contributed by atoms with Crippen molar-refractivity contribution >= 4 is 40.5 Å². The van der Waals surface area contributed by atoms with Crippen molar-refractivity contribution in [1.29, 1.82) is 0 Å². The maximum atomic E-state index is 10.7. The number of nitro benzene ring substituents is 1. The van der Waals surface area contributed by atoms with E-state index in [4.69, 9.17) is 11.6 Å². The van der Waals surface area contributed by atoms with Crippen molar-refractivity contribution in [3.8, 4) is 0 Å². The highest BCUT2D eigenvalue weighted by molar-refractivity contribution is 6.32. The highest BCUT2D eigenvalue weighted by Crippen LogP contribution is 2.25. The normalized spacial score (nSPS) is 11.4. The Balaban J connectivity index is 1.98. The lowest BCUT2D eigenvalue weighted by Crippen LogP contribution is -1.96. The maximum Gasteiger partial charge on any atom is 0.270 e. The molecule has 0 unspecified atom stereocenters. The Morgan fingerprint density at radius 3 is 2.74 bits per heavy atom. The van der Waals surface area contributed by atoms with Crippen molar-refractivity contribution in [3.05, 3.63) is 69.0 Å². The minimum Gasteiger partial charge on any atom is -0.325 e. The molecule has 23 heavy (non-hydrogen) atoms. The number of nitro groups is 1. The summed E-state index contributed by atoms with van der Waals surface area (Å²) in [6.45, 7) is 2.86. The van der Waals surface area contributed by atoms with E-state index < -0.39 is 4.92 Å². The fourth-order valence-corrected chi connectivity index (χ4v) is 2.72. The molecular weight excluding hydrogens is 314 g/mol. The second-order valence-corrected chi connectivity index (χ2v) is 5.41. The summed E-state index contributed by atoms with van der Waals surface area (Å²) >= 11 is 6.11. The summed E-state index contributed by atoms with van der Waals surface area (Å²) in [5.41, 5.74) is 2.70. The van der Waals surface area contributed by atoms with Gasteiger partial charge in [-0.2, -0.15) is 0 Å². The molecule has 0 saturated carbocycles. The number of fused-ring (bicyclic) bond motifs is 1. The van der Waals surface area contributed by atoms with Gasteiger partial charge in [0, 0.05) is 18.7 Å². The van der Waals surface area contributed by atoms with Crippen LogP contribution >= 0.6 is 11.6 Å². The molecule has 0 fully saturated rings. The number of aryl methyl sites for hydroxylation is 1. The first kappa shape index (κ1) is 15.2. The summed E-state index contributed by atoms with van der Waals surface area (Å²) in [5.74, 6) is 0.822.